The van der Waals surface area contributed by atoms with Gasteiger partial charge in [-0.25, -0.2) is 13.6 Å². The van der Waals surface area contributed by atoms with Crippen molar-refractivity contribution < 1.29 is 33.0 Å². The Morgan fingerprint density at radius 1 is 1.27 bits per heavy atom. The third kappa shape index (κ3) is 4.50. The number of halogens is 2. The number of benzene rings is 1. The highest BCUT2D eigenvalue weighted by Crippen LogP contribution is 2.28. The van der Waals surface area contributed by atoms with E-state index in [1.807, 2.05) is 0 Å². The summed E-state index contributed by atoms with van der Waals surface area (Å²) < 4.78 is 32.2. The number of amides is 2. The highest BCUT2D eigenvalue weighted by atomic mass is 32.1. The van der Waals surface area contributed by atoms with Crippen molar-refractivity contribution in [2.24, 2.45) is 5.92 Å². The first-order valence-electron chi connectivity index (χ1n) is 7.73. The van der Waals surface area contributed by atoms with Crippen LogP contribution in [0.1, 0.15) is 20.3 Å². The summed E-state index contributed by atoms with van der Waals surface area (Å²) in [6.45, 7) is 3.50. The van der Waals surface area contributed by atoms with Gasteiger partial charge < -0.3 is 20.5 Å². The predicted molar refractivity (Wildman–Crippen MR) is 90.6 cm³/mol. The first-order valence-corrected chi connectivity index (χ1v) is 8.18. The van der Waals surface area contributed by atoms with Crippen LogP contribution in [0.5, 0.6) is 0 Å². The van der Waals surface area contributed by atoms with Crippen LogP contribution in [0.3, 0.4) is 0 Å². The molecule has 1 aliphatic rings. The summed E-state index contributed by atoms with van der Waals surface area (Å²) in [5.74, 6) is -5.21. The van der Waals surface area contributed by atoms with Crippen LogP contribution in [0.2, 0.25) is 0 Å². The number of para-hydroxylation sites is 1. The molecule has 1 saturated heterocycles. The molecule has 1 aromatic carbocycles. The largest absolute Gasteiger partial charge is 0.479 e. The average Bonchev–Trinajstić information content (AvgIpc) is 3.30. The molecule has 0 spiro atoms. The fourth-order valence-corrected chi connectivity index (χ4v) is 2.93. The number of carbonyl (C=O) groups is 3. The number of ether oxygens (including phenoxy) is 1. The number of epoxide rings is 1. The van der Waals surface area contributed by atoms with Gasteiger partial charge in [0.05, 0.1) is 0 Å². The van der Waals surface area contributed by atoms with Gasteiger partial charge in [0.15, 0.2) is 17.1 Å². The van der Waals surface area contributed by atoms with E-state index in [-0.39, 0.29) is 12.3 Å². The van der Waals surface area contributed by atoms with Gasteiger partial charge in [-0.2, -0.15) is 0 Å². The summed E-state index contributed by atoms with van der Waals surface area (Å²) in [6.07, 6.45) is -2.52. The van der Waals surface area contributed by atoms with Crippen LogP contribution in [0.15, 0.2) is 18.2 Å². The van der Waals surface area contributed by atoms with E-state index < -0.39 is 52.2 Å². The van der Waals surface area contributed by atoms with E-state index >= 15 is 0 Å². The van der Waals surface area contributed by atoms with Gasteiger partial charge in [0.2, 0.25) is 0 Å². The van der Waals surface area contributed by atoms with Crippen molar-refractivity contribution in [3.8, 4) is 0 Å². The van der Waals surface area contributed by atoms with Crippen LogP contribution >= 0.6 is 12.6 Å². The first kappa shape index (κ1) is 20.1. The number of hydrogen-bond acceptors (Lipinski definition) is 5. The zero-order valence-corrected chi connectivity index (χ0v) is 14.8. The Hall–Kier alpha value is -2.20. The molecule has 0 aliphatic carbocycles. The quantitative estimate of drug-likeness (QED) is 0.322. The number of hydrogen-bond donors (Lipinski definition) is 4. The van der Waals surface area contributed by atoms with Crippen molar-refractivity contribution in [3.05, 3.63) is 29.8 Å². The fourth-order valence-electron chi connectivity index (χ4n) is 2.40. The highest BCUT2D eigenvalue weighted by Gasteiger charge is 2.53. The molecule has 10 heteroatoms. The number of carboxylic acid groups (broad SMARTS) is 1. The zero-order chi connectivity index (χ0) is 19.6. The molecule has 0 bridgehead atoms. The molecule has 26 heavy (non-hydrogen) atoms. The van der Waals surface area contributed by atoms with Gasteiger partial charge in [0.1, 0.15) is 17.3 Å². The minimum Gasteiger partial charge on any atom is -0.479 e. The second-order valence-corrected chi connectivity index (χ2v) is 7.08. The molecule has 3 unspecified atom stereocenters. The van der Waals surface area contributed by atoms with E-state index in [1.54, 1.807) is 13.8 Å². The highest BCUT2D eigenvalue weighted by molar-refractivity contribution is 7.82. The van der Waals surface area contributed by atoms with Crippen LogP contribution in [-0.4, -0.2) is 40.0 Å². The van der Waals surface area contributed by atoms with Crippen LogP contribution in [0.4, 0.5) is 14.5 Å². The van der Waals surface area contributed by atoms with Crippen molar-refractivity contribution >= 4 is 36.1 Å². The van der Waals surface area contributed by atoms with Crippen molar-refractivity contribution in [3.63, 3.8) is 0 Å². The lowest BCUT2D eigenvalue weighted by atomic mass is 10.0. The van der Waals surface area contributed by atoms with Crippen LogP contribution in [-0.2, 0) is 19.1 Å². The lowest BCUT2D eigenvalue weighted by molar-refractivity contribution is -0.138. The topological polar surface area (TPSA) is 108 Å². The van der Waals surface area contributed by atoms with E-state index in [4.69, 9.17) is 9.84 Å². The third-order valence-corrected chi connectivity index (χ3v) is 4.10. The third-order valence-electron chi connectivity index (χ3n) is 3.60. The van der Waals surface area contributed by atoms with Gasteiger partial charge in [0, 0.05) is 0 Å². The van der Waals surface area contributed by atoms with E-state index in [2.05, 4.69) is 23.3 Å². The summed E-state index contributed by atoms with van der Waals surface area (Å²) in [5.41, 5.74) is -0.667. The second-order valence-electron chi connectivity index (χ2n) is 6.31. The molecule has 1 aromatic rings. The number of carbonyl (C=O) groups excluding carboxylic acids is 2. The van der Waals surface area contributed by atoms with Crippen LogP contribution < -0.4 is 10.6 Å². The molecule has 1 fully saturated rings. The van der Waals surface area contributed by atoms with E-state index in [1.165, 1.54) is 0 Å². The minimum atomic E-state index is -1.82. The van der Waals surface area contributed by atoms with Gasteiger partial charge >= 0.3 is 5.97 Å². The van der Waals surface area contributed by atoms with E-state index in [0.717, 1.165) is 18.2 Å². The molecule has 0 aromatic heterocycles. The minimum absolute atomic E-state index is 0.0220. The molecular weight excluding hydrogens is 370 g/mol. The second kappa shape index (κ2) is 7.58. The summed E-state index contributed by atoms with van der Waals surface area (Å²) in [7, 11) is 0. The van der Waals surface area contributed by atoms with Crippen molar-refractivity contribution in [2.45, 2.75) is 37.3 Å². The molecule has 3 atom stereocenters. The molecular formula is C16H18F2N2O5S. The Labute approximate surface area is 153 Å². The predicted octanol–water partition coefficient (Wildman–Crippen LogP) is 1.54. The van der Waals surface area contributed by atoms with Crippen molar-refractivity contribution in [1.29, 1.82) is 0 Å². The Bertz CT molecular complexity index is 725. The Morgan fingerprint density at radius 2 is 1.85 bits per heavy atom. The first-order chi connectivity index (χ1) is 12.0. The Balaban J connectivity index is 2.18. The number of thiol groups is 1. The molecule has 1 aliphatic heterocycles. The normalized spacial score (nSPS) is 21.0. The molecule has 2 amide bonds. The molecule has 0 saturated carbocycles. The fraction of sp³-hybridized carbons (Fsp3) is 0.438. The van der Waals surface area contributed by atoms with Gasteiger partial charge in [-0.1, -0.05) is 19.9 Å². The van der Waals surface area contributed by atoms with Crippen molar-refractivity contribution in [2.75, 3.05) is 5.32 Å². The maximum absolute atomic E-state index is 13.8. The maximum Gasteiger partial charge on any atom is 0.336 e. The zero-order valence-electron chi connectivity index (χ0n) is 14.0. The molecule has 0 radical (unpaired) electrons. The van der Waals surface area contributed by atoms with Crippen LogP contribution in [0.25, 0.3) is 0 Å². The Morgan fingerprint density at radius 3 is 2.31 bits per heavy atom. The lowest BCUT2D eigenvalue weighted by Crippen LogP contribution is -2.55. The molecule has 2 rings (SSSR count). The van der Waals surface area contributed by atoms with Crippen molar-refractivity contribution in [1.82, 2.24) is 5.32 Å². The SMILES string of the molecule is CC(C)CC(S)(NC(=O)C1OC1C(=O)O)C(=O)Nc1c(F)cccc1F. The summed E-state index contributed by atoms with van der Waals surface area (Å²) in [6, 6.07) is 3.07. The van der Waals surface area contributed by atoms with Gasteiger partial charge in [-0.3, -0.25) is 9.59 Å². The van der Waals surface area contributed by atoms with E-state index in [0.29, 0.717) is 0 Å². The summed E-state index contributed by atoms with van der Waals surface area (Å²) >= 11 is 4.20. The Kier molecular flexibility index (Phi) is 5.87. The smallest absolute Gasteiger partial charge is 0.336 e. The number of aliphatic carboxylic acids is 1. The maximum atomic E-state index is 13.8. The average molecular weight is 388 g/mol. The van der Waals surface area contributed by atoms with E-state index in [9.17, 15) is 23.2 Å². The summed E-state index contributed by atoms with van der Waals surface area (Å²) in [4.78, 5) is 33.7. The molecule has 1 heterocycles. The van der Waals surface area contributed by atoms with Gasteiger partial charge in [0.25, 0.3) is 11.8 Å². The number of rotatable bonds is 7. The number of carboxylic acids is 1. The van der Waals surface area contributed by atoms with Gasteiger partial charge in [-0.05, 0) is 24.5 Å². The van der Waals surface area contributed by atoms with Crippen LogP contribution in [0, 0.1) is 17.6 Å². The standard InChI is InChI=1S/C16H18F2N2O5S/c1-7(2)6-16(26,20-13(21)11-12(25-11)14(22)23)15(24)19-10-8(17)4-3-5-9(10)18/h3-5,7,11-12,26H,6H2,1-2H3,(H,19,24)(H,20,21)(H,22,23). The molecule has 3 N–H and O–H groups in total. The number of anilines is 1. The summed E-state index contributed by atoms with van der Waals surface area (Å²) in [5, 5.41) is 13.2. The number of nitrogens with one attached hydrogen (secondary N) is 2. The molecule has 142 valence electrons. The van der Waals surface area contributed by atoms with Gasteiger partial charge in [-0.15, -0.1) is 12.6 Å². The lowest BCUT2D eigenvalue weighted by Gasteiger charge is -2.30. The monoisotopic (exact) mass is 388 g/mol. The molecule has 7 nitrogen and oxygen atoms in total.